The van der Waals surface area contributed by atoms with Crippen LogP contribution in [0.5, 0.6) is 0 Å². The van der Waals surface area contributed by atoms with Gasteiger partial charge in [-0.1, -0.05) is 19.9 Å². The molecule has 2 aromatic heterocycles. The lowest BCUT2D eigenvalue weighted by Gasteiger charge is -2.10. The third-order valence-corrected chi connectivity index (χ3v) is 2.83. The molecular weight excluding hydrogens is 224 g/mol. The van der Waals surface area contributed by atoms with Crippen molar-refractivity contribution in [2.75, 3.05) is 6.54 Å². The maximum absolute atomic E-state index is 4.42. The smallest absolute Gasteiger partial charge is 0.142 e. The van der Waals surface area contributed by atoms with Crippen LogP contribution in [0.1, 0.15) is 25.8 Å². The van der Waals surface area contributed by atoms with Crippen LogP contribution in [-0.2, 0) is 6.54 Å². The molecule has 2 rings (SSSR count). The molecule has 0 radical (unpaired) electrons. The molecule has 0 fully saturated rings. The molecule has 0 aliphatic carbocycles. The van der Waals surface area contributed by atoms with Crippen molar-refractivity contribution in [3.63, 3.8) is 0 Å². The van der Waals surface area contributed by atoms with Crippen LogP contribution in [0.25, 0.3) is 5.82 Å². The van der Waals surface area contributed by atoms with E-state index in [1.54, 1.807) is 12.5 Å². The van der Waals surface area contributed by atoms with Gasteiger partial charge < -0.3 is 5.32 Å². The molecule has 1 N–H and O–H groups in total. The molecule has 0 bridgehead atoms. The van der Waals surface area contributed by atoms with E-state index in [0.29, 0.717) is 0 Å². The first-order valence-electron chi connectivity index (χ1n) is 6.40. The Kier molecular flexibility index (Phi) is 4.47. The average Bonchev–Trinajstić information content (AvgIpc) is 2.88. The Morgan fingerprint density at radius 3 is 2.94 bits per heavy atom. The predicted molar refractivity (Wildman–Crippen MR) is 72.5 cm³/mol. The van der Waals surface area contributed by atoms with Crippen LogP contribution in [0.2, 0.25) is 0 Å². The zero-order chi connectivity index (χ0) is 12.8. The van der Waals surface area contributed by atoms with E-state index < -0.39 is 0 Å². The van der Waals surface area contributed by atoms with Gasteiger partial charge in [0.15, 0.2) is 0 Å². The van der Waals surface area contributed by atoms with E-state index in [9.17, 15) is 0 Å². The molecule has 4 heteroatoms. The second kappa shape index (κ2) is 6.31. The fraction of sp³-hybridized carbons (Fsp3) is 0.429. The van der Waals surface area contributed by atoms with E-state index in [2.05, 4.69) is 35.2 Å². The average molecular weight is 244 g/mol. The van der Waals surface area contributed by atoms with Gasteiger partial charge in [0, 0.05) is 30.7 Å². The molecule has 18 heavy (non-hydrogen) atoms. The first-order chi connectivity index (χ1) is 8.77. The topological polar surface area (TPSA) is 42.7 Å². The summed E-state index contributed by atoms with van der Waals surface area (Å²) in [4.78, 5) is 8.48. The van der Waals surface area contributed by atoms with Crippen LogP contribution in [0.15, 0.2) is 37.1 Å². The summed E-state index contributed by atoms with van der Waals surface area (Å²) in [6.07, 6.45) is 8.47. The molecule has 4 nitrogen and oxygen atoms in total. The predicted octanol–water partition coefficient (Wildman–Crippen LogP) is 2.40. The number of aromatic nitrogens is 3. The van der Waals surface area contributed by atoms with Gasteiger partial charge in [0.1, 0.15) is 12.1 Å². The maximum Gasteiger partial charge on any atom is 0.142 e. The van der Waals surface area contributed by atoms with E-state index in [-0.39, 0.29) is 0 Å². The number of hydrogen-bond donors (Lipinski definition) is 1. The van der Waals surface area contributed by atoms with Crippen molar-refractivity contribution in [1.29, 1.82) is 0 Å². The fourth-order valence-electron chi connectivity index (χ4n) is 1.80. The lowest BCUT2D eigenvalue weighted by Crippen LogP contribution is -2.17. The Labute approximate surface area is 108 Å². The molecule has 0 atom stereocenters. The summed E-state index contributed by atoms with van der Waals surface area (Å²) in [6, 6.07) is 4.07. The number of nitrogens with zero attached hydrogens (tertiary/aromatic N) is 3. The SMILES string of the molecule is CC(C)CCNCc1cccnc1-n1ccnc1. The van der Waals surface area contributed by atoms with E-state index in [0.717, 1.165) is 24.8 Å². The van der Waals surface area contributed by atoms with E-state index in [1.165, 1.54) is 12.0 Å². The summed E-state index contributed by atoms with van der Waals surface area (Å²) in [5, 5.41) is 3.46. The first-order valence-corrected chi connectivity index (χ1v) is 6.40. The summed E-state index contributed by atoms with van der Waals surface area (Å²) in [5.74, 6) is 1.69. The maximum atomic E-state index is 4.42. The minimum atomic E-state index is 0.736. The lowest BCUT2D eigenvalue weighted by atomic mass is 10.1. The van der Waals surface area contributed by atoms with E-state index >= 15 is 0 Å². The molecule has 0 amide bonds. The molecule has 0 unspecified atom stereocenters. The highest BCUT2D eigenvalue weighted by atomic mass is 15.1. The van der Waals surface area contributed by atoms with Gasteiger partial charge in [-0.25, -0.2) is 9.97 Å². The highest BCUT2D eigenvalue weighted by Gasteiger charge is 2.04. The minimum Gasteiger partial charge on any atom is -0.313 e. The Hall–Kier alpha value is -1.68. The normalized spacial score (nSPS) is 11.1. The van der Waals surface area contributed by atoms with Crippen LogP contribution in [0.3, 0.4) is 0 Å². The fourth-order valence-corrected chi connectivity index (χ4v) is 1.80. The van der Waals surface area contributed by atoms with Crippen molar-refractivity contribution in [1.82, 2.24) is 19.9 Å². The van der Waals surface area contributed by atoms with Crippen molar-refractivity contribution in [2.45, 2.75) is 26.8 Å². The first kappa shape index (κ1) is 12.8. The van der Waals surface area contributed by atoms with Crippen molar-refractivity contribution < 1.29 is 0 Å². The number of pyridine rings is 1. The minimum absolute atomic E-state index is 0.736. The largest absolute Gasteiger partial charge is 0.313 e. The van der Waals surface area contributed by atoms with Crippen molar-refractivity contribution >= 4 is 0 Å². The summed E-state index contributed by atoms with van der Waals surface area (Å²) in [5.41, 5.74) is 1.19. The quantitative estimate of drug-likeness (QED) is 0.793. The summed E-state index contributed by atoms with van der Waals surface area (Å²) >= 11 is 0. The molecule has 2 heterocycles. The summed E-state index contributed by atoms with van der Waals surface area (Å²) in [7, 11) is 0. The molecule has 0 aliphatic rings. The van der Waals surface area contributed by atoms with Crippen LogP contribution in [0, 0.1) is 5.92 Å². The second-order valence-corrected chi connectivity index (χ2v) is 4.82. The number of imidazole rings is 1. The van der Waals surface area contributed by atoms with Gasteiger partial charge in [-0.15, -0.1) is 0 Å². The monoisotopic (exact) mass is 244 g/mol. The highest BCUT2D eigenvalue weighted by molar-refractivity contribution is 5.33. The van der Waals surface area contributed by atoms with Crippen molar-refractivity contribution in [3.05, 3.63) is 42.6 Å². The molecule has 0 saturated carbocycles. The zero-order valence-electron chi connectivity index (χ0n) is 11.0. The van der Waals surface area contributed by atoms with E-state index in [1.807, 2.05) is 23.0 Å². The van der Waals surface area contributed by atoms with Gasteiger partial charge in [0.2, 0.25) is 0 Å². The Morgan fingerprint density at radius 2 is 2.22 bits per heavy atom. The van der Waals surface area contributed by atoms with Gasteiger partial charge >= 0.3 is 0 Å². The molecule has 96 valence electrons. The van der Waals surface area contributed by atoms with Crippen molar-refractivity contribution in [2.24, 2.45) is 5.92 Å². The van der Waals surface area contributed by atoms with Crippen LogP contribution in [-0.4, -0.2) is 21.1 Å². The Balaban J connectivity index is 2.00. The van der Waals surface area contributed by atoms with Crippen LogP contribution in [0.4, 0.5) is 0 Å². The second-order valence-electron chi connectivity index (χ2n) is 4.82. The molecule has 0 aliphatic heterocycles. The number of nitrogens with one attached hydrogen (secondary N) is 1. The van der Waals surface area contributed by atoms with Crippen LogP contribution < -0.4 is 5.32 Å². The Morgan fingerprint density at radius 1 is 1.33 bits per heavy atom. The van der Waals surface area contributed by atoms with Crippen molar-refractivity contribution in [3.8, 4) is 5.82 Å². The van der Waals surface area contributed by atoms with Gasteiger partial charge in [-0.2, -0.15) is 0 Å². The van der Waals surface area contributed by atoms with Gasteiger partial charge in [-0.3, -0.25) is 4.57 Å². The lowest BCUT2D eigenvalue weighted by molar-refractivity contribution is 0.537. The third kappa shape index (κ3) is 3.40. The van der Waals surface area contributed by atoms with Gasteiger partial charge in [0.05, 0.1) is 0 Å². The molecule has 0 saturated heterocycles. The standard InChI is InChI=1S/C14H20N4/c1-12(2)5-7-15-10-13-4-3-6-17-14(13)18-9-8-16-11-18/h3-4,6,8-9,11-12,15H,5,7,10H2,1-2H3. The molecular formula is C14H20N4. The zero-order valence-corrected chi connectivity index (χ0v) is 11.0. The third-order valence-electron chi connectivity index (χ3n) is 2.83. The Bertz CT molecular complexity index is 462. The van der Waals surface area contributed by atoms with Crippen LogP contribution >= 0.6 is 0 Å². The van der Waals surface area contributed by atoms with Gasteiger partial charge in [0.25, 0.3) is 0 Å². The van der Waals surface area contributed by atoms with Gasteiger partial charge in [-0.05, 0) is 24.9 Å². The number of rotatable bonds is 6. The number of hydrogen-bond acceptors (Lipinski definition) is 3. The van der Waals surface area contributed by atoms with E-state index in [4.69, 9.17) is 0 Å². The summed E-state index contributed by atoms with van der Waals surface area (Å²) in [6.45, 7) is 6.36. The molecule has 0 spiro atoms. The highest BCUT2D eigenvalue weighted by Crippen LogP contribution is 2.10. The summed E-state index contributed by atoms with van der Waals surface area (Å²) < 4.78 is 1.94. The molecule has 2 aromatic rings. The molecule has 0 aromatic carbocycles.